The quantitative estimate of drug-likeness (QED) is 0.342. The molecule has 5 heteroatoms. The molecule has 2 heterocycles. The highest BCUT2D eigenvalue weighted by Crippen LogP contribution is 2.32. The summed E-state index contributed by atoms with van der Waals surface area (Å²) in [6, 6.07) is 34.2. The third-order valence-corrected chi connectivity index (χ3v) is 6.84. The van der Waals surface area contributed by atoms with Crippen LogP contribution in [0.25, 0.3) is 28.5 Å². The van der Waals surface area contributed by atoms with E-state index in [2.05, 4.69) is 35.2 Å². The predicted octanol–water partition coefficient (Wildman–Crippen LogP) is 5.78. The van der Waals surface area contributed by atoms with Gasteiger partial charge >= 0.3 is 0 Å². The van der Waals surface area contributed by atoms with Crippen LogP contribution >= 0.6 is 0 Å². The van der Waals surface area contributed by atoms with Gasteiger partial charge in [-0.25, -0.2) is 9.67 Å². The van der Waals surface area contributed by atoms with Gasteiger partial charge in [0, 0.05) is 24.7 Å². The van der Waals surface area contributed by atoms with E-state index in [-0.39, 0.29) is 5.43 Å². The fraction of sp³-hybridized carbons (Fsp3) is 0.167. The summed E-state index contributed by atoms with van der Waals surface area (Å²) in [5, 5.41) is 4.82. The Morgan fingerprint density at radius 3 is 2.06 bits per heavy atom. The van der Waals surface area contributed by atoms with Crippen LogP contribution in [0.15, 0.2) is 108 Å². The zero-order valence-electron chi connectivity index (χ0n) is 19.4. The molecule has 0 radical (unpaired) electrons. The smallest absolute Gasteiger partial charge is 0.204 e. The lowest BCUT2D eigenvalue weighted by Crippen LogP contribution is -2.36. The molecule has 0 aromatic heterocycles. The maximum Gasteiger partial charge on any atom is 0.204 e. The van der Waals surface area contributed by atoms with E-state index in [9.17, 15) is 4.79 Å². The number of benzene rings is 4. The number of para-hydroxylation sites is 1. The standard InChI is InChI=1S/C30H26N4O/c35-29-21-27-26(20-28(29)33-18-16-23(17-19-33)22-10-4-1-5-11-22)31-30(24-12-6-2-7-13-24)32-34(27)25-14-8-3-9-15-25/h1-15,20-21,23H,16-19H2. The number of fused-ring (bicyclic) bond motifs is 1. The van der Waals surface area contributed by atoms with Crippen molar-refractivity contribution in [2.75, 3.05) is 18.0 Å². The molecule has 0 unspecified atom stereocenters. The Hall–Kier alpha value is -4.25. The van der Waals surface area contributed by atoms with Gasteiger partial charge in [-0.1, -0.05) is 78.9 Å². The lowest BCUT2D eigenvalue weighted by atomic mass is 9.89. The molecule has 6 rings (SSSR count). The largest absolute Gasteiger partial charge is 0.368 e. The number of hydrogen-bond donors (Lipinski definition) is 0. The zero-order chi connectivity index (χ0) is 23.6. The Balaban J connectivity index is 1.41. The van der Waals surface area contributed by atoms with Crippen LogP contribution in [0.5, 0.6) is 0 Å². The van der Waals surface area contributed by atoms with E-state index in [1.807, 2.05) is 71.4 Å². The molecule has 1 aliphatic carbocycles. The molecule has 3 aromatic rings. The van der Waals surface area contributed by atoms with E-state index in [1.54, 1.807) is 6.07 Å². The normalized spacial score (nSPS) is 14.3. The molecule has 172 valence electrons. The first-order valence-corrected chi connectivity index (χ1v) is 12.1. The number of hydrogen-bond acceptors (Lipinski definition) is 4. The second kappa shape index (κ2) is 9.18. The van der Waals surface area contributed by atoms with Crippen molar-refractivity contribution in [1.82, 2.24) is 14.8 Å². The molecule has 0 bridgehead atoms. The monoisotopic (exact) mass is 458 g/mol. The van der Waals surface area contributed by atoms with Crippen molar-refractivity contribution in [3.05, 3.63) is 119 Å². The second-order valence-electron chi connectivity index (χ2n) is 9.03. The van der Waals surface area contributed by atoms with Crippen molar-refractivity contribution in [2.24, 2.45) is 0 Å². The van der Waals surface area contributed by atoms with Crippen LogP contribution in [-0.4, -0.2) is 27.9 Å². The fourth-order valence-electron chi connectivity index (χ4n) is 4.99. The lowest BCUT2D eigenvalue weighted by molar-refractivity contribution is 0.505. The first-order valence-electron chi connectivity index (χ1n) is 12.1. The number of piperidine rings is 1. The minimum absolute atomic E-state index is 0.0106. The summed E-state index contributed by atoms with van der Waals surface area (Å²) in [6.45, 7) is 1.71. The van der Waals surface area contributed by atoms with E-state index in [0.717, 1.165) is 48.6 Å². The summed E-state index contributed by atoms with van der Waals surface area (Å²) in [5.41, 5.74) is 5.43. The maximum absolute atomic E-state index is 13.3. The van der Waals surface area contributed by atoms with Crippen LogP contribution in [0, 0.1) is 0 Å². The molecular formula is C30H26N4O. The Morgan fingerprint density at radius 1 is 0.743 bits per heavy atom. The van der Waals surface area contributed by atoms with Crippen molar-refractivity contribution >= 4 is 5.69 Å². The lowest BCUT2D eigenvalue weighted by Gasteiger charge is -2.33. The molecule has 0 atom stereocenters. The molecule has 0 spiro atoms. The molecular weight excluding hydrogens is 432 g/mol. The number of anilines is 1. The van der Waals surface area contributed by atoms with Gasteiger partial charge in [0.05, 0.1) is 22.8 Å². The minimum Gasteiger partial charge on any atom is -0.368 e. The highest BCUT2D eigenvalue weighted by Gasteiger charge is 2.24. The average Bonchev–Trinajstić information content (AvgIpc) is 2.94. The topological polar surface area (TPSA) is 51.0 Å². The molecule has 3 aromatic carbocycles. The van der Waals surface area contributed by atoms with E-state index >= 15 is 0 Å². The van der Waals surface area contributed by atoms with Crippen LogP contribution in [0.2, 0.25) is 0 Å². The van der Waals surface area contributed by atoms with Crippen molar-refractivity contribution in [3.8, 4) is 28.5 Å². The number of aromatic nitrogens is 3. The van der Waals surface area contributed by atoms with E-state index in [1.165, 1.54) is 5.56 Å². The van der Waals surface area contributed by atoms with Crippen molar-refractivity contribution in [3.63, 3.8) is 0 Å². The SMILES string of the molecule is O=c1cc2n(-c3ccccc3)nc(-c3ccccc3)nc-2cc1N1CCC(c2ccccc2)CC1. The summed E-state index contributed by atoms with van der Waals surface area (Å²) < 4.78 is 1.83. The van der Waals surface area contributed by atoms with Gasteiger partial charge < -0.3 is 4.90 Å². The minimum atomic E-state index is 0.0106. The highest BCUT2D eigenvalue weighted by atomic mass is 16.1. The first kappa shape index (κ1) is 21.3. The van der Waals surface area contributed by atoms with Gasteiger partial charge in [-0.2, -0.15) is 0 Å². The summed E-state index contributed by atoms with van der Waals surface area (Å²) >= 11 is 0. The van der Waals surface area contributed by atoms with Crippen molar-refractivity contribution < 1.29 is 0 Å². The molecule has 5 nitrogen and oxygen atoms in total. The third-order valence-electron chi connectivity index (χ3n) is 6.84. The third kappa shape index (κ3) is 4.21. The van der Waals surface area contributed by atoms with Gasteiger partial charge in [-0.05, 0) is 42.5 Å². The van der Waals surface area contributed by atoms with Gasteiger partial charge in [-0.3, -0.25) is 4.79 Å². The van der Waals surface area contributed by atoms with Crippen LogP contribution in [0.4, 0.5) is 5.69 Å². The maximum atomic E-state index is 13.3. The summed E-state index contributed by atoms with van der Waals surface area (Å²) in [5.74, 6) is 1.17. The van der Waals surface area contributed by atoms with Crippen LogP contribution in [0.1, 0.15) is 24.3 Å². The van der Waals surface area contributed by atoms with Crippen molar-refractivity contribution in [1.29, 1.82) is 0 Å². The van der Waals surface area contributed by atoms with Crippen LogP contribution in [-0.2, 0) is 0 Å². The van der Waals surface area contributed by atoms with Gasteiger partial charge in [0.15, 0.2) is 5.82 Å². The molecule has 0 saturated carbocycles. The Bertz CT molecular complexity index is 1460. The summed E-state index contributed by atoms with van der Waals surface area (Å²) in [4.78, 5) is 20.4. The molecule has 1 saturated heterocycles. The van der Waals surface area contributed by atoms with E-state index < -0.39 is 0 Å². The average molecular weight is 459 g/mol. The van der Waals surface area contributed by atoms with Gasteiger partial charge in [-0.15, -0.1) is 5.10 Å². The molecule has 0 amide bonds. The Kier molecular flexibility index (Phi) is 5.59. The zero-order valence-corrected chi connectivity index (χ0v) is 19.4. The van der Waals surface area contributed by atoms with Gasteiger partial charge in [0.2, 0.25) is 5.43 Å². The van der Waals surface area contributed by atoms with Gasteiger partial charge in [0.1, 0.15) is 0 Å². The van der Waals surface area contributed by atoms with E-state index in [4.69, 9.17) is 10.1 Å². The number of nitrogens with zero attached hydrogens (tertiary/aromatic N) is 4. The molecule has 0 N–H and O–H groups in total. The Labute approximate surface area is 204 Å². The van der Waals surface area contributed by atoms with E-state index in [0.29, 0.717) is 17.4 Å². The predicted molar refractivity (Wildman–Crippen MR) is 140 cm³/mol. The van der Waals surface area contributed by atoms with Crippen LogP contribution < -0.4 is 10.3 Å². The second-order valence-corrected chi connectivity index (χ2v) is 9.03. The Morgan fingerprint density at radius 2 is 1.37 bits per heavy atom. The molecule has 2 aliphatic heterocycles. The molecule has 3 aliphatic rings. The first-order chi connectivity index (χ1) is 17.3. The fourth-order valence-corrected chi connectivity index (χ4v) is 4.99. The van der Waals surface area contributed by atoms with Crippen molar-refractivity contribution in [2.45, 2.75) is 18.8 Å². The highest BCUT2D eigenvalue weighted by molar-refractivity contribution is 5.69. The molecule has 35 heavy (non-hydrogen) atoms. The summed E-state index contributed by atoms with van der Waals surface area (Å²) in [6.07, 6.45) is 2.06. The number of rotatable bonds is 4. The summed E-state index contributed by atoms with van der Waals surface area (Å²) in [7, 11) is 0. The molecule has 1 fully saturated rings. The van der Waals surface area contributed by atoms with Crippen LogP contribution in [0.3, 0.4) is 0 Å². The van der Waals surface area contributed by atoms with Gasteiger partial charge in [0.25, 0.3) is 0 Å².